The monoisotopic (exact) mass is 866 g/mol. The first kappa shape index (κ1) is 51.8. The van der Waals surface area contributed by atoms with Crippen molar-refractivity contribution in [3.63, 3.8) is 0 Å². The summed E-state index contributed by atoms with van der Waals surface area (Å²) in [6.45, 7) is 17.4. The van der Waals surface area contributed by atoms with Gasteiger partial charge in [-0.2, -0.15) is 0 Å². The molecule has 3 rings (SSSR count). The second kappa shape index (κ2) is 24.4. The van der Waals surface area contributed by atoms with Gasteiger partial charge in [0, 0.05) is 34.9 Å². The molecule has 346 valence electrons. The van der Waals surface area contributed by atoms with Crippen LogP contribution in [0.25, 0.3) is 0 Å². The number of amides is 5. The van der Waals surface area contributed by atoms with Gasteiger partial charge in [0.15, 0.2) is 0 Å². The third-order valence-corrected chi connectivity index (χ3v) is 12.6. The van der Waals surface area contributed by atoms with E-state index >= 15 is 0 Å². The zero-order valence-corrected chi connectivity index (χ0v) is 39.4. The van der Waals surface area contributed by atoms with E-state index in [1.807, 2.05) is 103 Å². The molecule has 0 radical (unpaired) electrons. The van der Waals surface area contributed by atoms with Gasteiger partial charge in [0.25, 0.3) is 0 Å². The molecule has 1 unspecified atom stereocenters. The topological polar surface area (TPSA) is 167 Å². The fourth-order valence-corrected chi connectivity index (χ4v) is 8.62. The van der Waals surface area contributed by atoms with E-state index in [1.54, 1.807) is 37.8 Å². The lowest BCUT2D eigenvalue weighted by Crippen LogP contribution is -2.60. The van der Waals surface area contributed by atoms with Crippen molar-refractivity contribution in [2.45, 2.75) is 143 Å². The fourth-order valence-electron chi connectivity index (χ4n) is 8.62. The molecule has 2 aromatic rings. The van der Waals surface area contributed by atoms with Crippen LogP contribution in [0.3, 0.4) is 0 Å². The number of nitrogens with zero attached hydrogens (tertiary/aromatic N) is 3. The van der Waals surface area contributed by atoms with Crippen molar-refractivity contribution < 1.29 is 43.3 Å². The minimum atomic E-state index is -0.944. The Hall–Kier alpha value is -4.53. The summed E-state index contributed by atoms with van der Waals surface area (Å²) in [5, 5.41) is 16.8. The molecule has 10 atom stereocenters. The van der Waals surface area contributed by atoms with Crippen LogP contribution in [0, 0.1) is 30.6 Å². The Morgan fingerprint density at radius 1 is 0.839 bits per heavy atom. The number of carbonyl (C=O) groups is 5. The van der Waals surface area contributed by atoms with Crippen LogP contribution in [0.1, 0.15) is 104 Å². The molecule has 0 bridgehead atoms. The molecular formula is C48H75N5O9. The van der Waals surface area contributed by atoms with Gasteiger partial charge in [0.2, 0.25) is 23.6 Å². The quantitative estimate of drug-likeness (QED) is 0.131. The summed E-state index contributed by atoms with van der Waals surface area (Å²) in [4.78, 5) is 74.3. The number of ether oxygens (including phenoxy) is 3. The smallest absolute Gasteiger partial charge is 0.410 e. The number of hydrogen-bond acceptors (Lipinski definition) is 9. The maximum Gasteiger partial charge on any atom is 0.410 e. The molecule has 1 aliphatic heterocycles. The van der Waals surface area contributed by atoms with Crippen LogP contribution < -0.4 is 10.6 Å². The van der Waals surface area contributed by atoms with Crippen LogP contribution in [0.5, 0.6) is 0 Å². The number of methoxy groups -OCH3 is 2. The summed E-state index contributed by atoms with van der Waals surface area (Å²) in [7, 11) is 6.28. The van der Waals surface area contributed by atoms with Crippen molar-refractivity contribution in [2.75, 3.05) is 34.9 Å². The molecule has 0 spiro atoms. The molecule has 3 N–H and O–H groups in total. The van der Waals surface area contributed by atoms with Gasteiger partial charge in [-0.25, -0.2) is 4.79 Å². The first-order valence-electron chi connectivity index (χ1n) is 22.2. The number of aliphatic hydroxyl groups excluding tert-OH is 1. The summed E-state index contributed by atoms with van der Waals surface area (Å²) in [6, 6.07) is 13.4. The molecule has 1 fully saturated rings. The maximum atomic E-state index is 14.5. The number of carbonyl (C=O) groups excluding carboxylic acids is 5. The predicted octanol–water partition coefficient (Wildman–Crippen LogP) is 5.89. The number of nitrogens with one attached hydrogen (secondary N) is 2. The zero-order chi connectivity index (χ0) is 46.4. The number of aliphatic hydroxyl groups is 1. The van der Waals surface area contributed by atoms with Crippen LogP contribution in [0.15, 0.2) is 54.6 Å². The molecule has 0 saturated carbocycles. The average Bonchev–Trinajstić information content (AvgIpc) is 3.74. The van der Waals surface area contributed by atoms with E-state index in [0.29, 0.717) is 24.9 Å². The average molecular weight is 866 g/mol. The normalized spacial score (nSPS) is 18.5. The summed E-state index contributed by atoms with van der Waals surface area (Å²) < 4.78 is 17.6. The Bertz CT molecular complexity index is 1740. The summed E-state index contributed by atoms with van der Waals surface area (Å²) in [5.74, 6) is -2.65. The Morgan fingerprint density at radius 3 is 2.02 bits per heavy atom. The second-order valence-corrected chi connectivity index (χ2v) is 17.8. The molecule has 14 heteroatoms. The van der Waals surface area contributed by atoms with Crippen LogP contribution >= 0.6 is 0 Å². The molecule has 0 aromatic heterocycles. The number of benzene rings is 2. The zero-order valence-electron chi connectivity index (χ0n) is 39.4. The largest absolute Gasteiger partial charge is 0.445 e. The van der Waals surface area contributed by atoms with Crippen molar-refractivity contribution in [1.29, 1.82) is 0 Å². The molecular weight excluding hydrogens is 791 g/mol. The molecule has 62 heavy (non-hydrogen) atoms. The predicted molar refractivity (Wildman–Crippen MR) is 240 cm³/mol. The standard InChI is InChI=1S/C48H75N5O9/c1-14-32(7)42(51(10)47(58)40(29(2)3)50-46(57)41(30(4)5)52(11)48(59)62-28-35-24-22-31(6)23-25-35)38(60-12)27-39(54)53-26-18-21-37(53)44(61-13)33(8)45(56)49-34(9)43(55)36-19-16-15-17-20-36/h15-17,19-20,22-25,29-30,32-34,37-38,40-44,55H,14,18,21,26-28H2,1-13H3,(H,49,56)(H,50,57)/t32-,33+,34+,37-,38+,40-,41?,42-,43+,44+/m0/s1. The van der Waals surface area contributed by atoms with Crippen LogP contribution in [-0.2, 0) is 40.0 Å². The fraction of sp³-hybridized carbons (Fsp3) is 0.646. The number of likely N-dealkylation sites (tertiary alicyclic amines) is 1. The van der Waals surface area contributed by atoms with Crippen molar-refractivity contribution in [3.05, 3.63) is 71.3 Å². The van der Waals surface area contributed by atoms with Gasteiger partial charge in [0.05, 0.1) is 48.8 Å². The second-order valence-electron chi connectivity index (χ2n) is 17.8. The molecule has 1 heterocycles. The lowest BCUT2D eigenvalue weighted by atomic mass is 9.89. The molecule has 0 aliphatic carbocycles. The number of hydrogen-bond donors (Lipinski definition) is 3. The molecule has 1 saturated heterocycles. The molecule has 5 amide bonds. The van der Waals surface area contributed by atoms with Gasteiger partial charge in [0.1, 0.15) is 18.7 Å². The third-order valence-electron chi connectivity index (χ3n) is 12.6. The first-order valence-corrected chi connectivity index (χ1v) is 22.2. The van der Waals surface area contributed by atoms with E-state index in [2.05, 4.69) is 10.6 Å². The highest BCUT2D eigenvalue weighted by Gasteiger charge is 2.43. The highest BCUT2D eigenvalue weighted by molar-refractivity contribution is 5.91. The van der Waals surface area contributed by atoms with Crippen molar-refractivity contribution >= 4 is 29.7 Å². The summed E-state index contributed by atoms with van der Waals surface area (Å²) in [6.07, 6.45) is -0.844. The minimum Gasteiger partial charge on any atom is -0.445 e. The van der Waals surface area contributed by atoms with E-state index in [9.17, 15) is 29.1 Å². The molecule has 1 aliphatic rings. The Kier molecular flexibility index (Phi) is 20.4. The van der Waals surface area contributed by atoms with E-state index in [0.717, 1.165) is 17.5 Å². The first-order chi connectivity index (χ1) is 29.3. The summed E-state index contributed by atoms with van der Waals surface area (Å²) >= 11 is 0. The Morgan fingerprint density at radius 2 is 1.47 bits per heavy atom. The SMILES string of the molecule is CC[C@H](C)[C@@H]([C@@H](CC(=O)N1CCC[C@H]1[C@H](OC)[C@@H](C)C(=O)N[C@H](C)[C@@H](O)c1ccccc1)OC)N(C)C(=O)[C@@H](NC(=O)C(C(C)C)N(C)C(=O)OCc1ccc(C)cc1)C(C)C. The lowest BCUT2D eigenvalue weighted by molar-refractivity contribution is -0.148. The number of rotatable bonds is 22. The van der Waals surface area contributed by atoms with Crippen LogP contribution in [0.2, 0.25) is 0 Å². The van der Waals surface area contributed by atoms with E-state index in [4.69, 9.17) is 14.2 Å². The highest BCUT2D eigenvalue weighted by atomic mass is 16.6. The van der Waals surface area contributed by atoms with E-state index in [-0.39, 0.29) is 54.5 Å². The van der Waals surface area contributed by atoms with Gasteiger partial charge < -0.3 is 39.8 Å². The highest BCUT2D eigenvalue weighted by Crippen LogP contribution is 2.30. The van der Waals surface area contributed by atoms with Gasteiger partial charge in [-0.15, -0.1) is 0 Å². The maximum absolute atomic E-state index is 14.5. The summed E-state index contributed by atoms with van der Waals surface area (Å²) in [5.41, 5.74) is 2.61. The number of aryl methyl sites for hydroxylation is 1. The van der Waals surface area contributed by atoms with Crippen molar-refractivity contribution in [2.24, 2.45) is 23.7 Å². The Labute approximate surface area is 370 Å². The van der Waals surface area contributed by atoms with Crippen LogP contribution in [-0.4, -0.2) is 127 Å². The molecule has 14 nitrogen and oxygen atoms in total. The van der Waals surface area contributed by atoms with Gasteiger partial charge in [-0.05, 0) is 55.6 Å². The van der Waals surface area contributed by atoms with Gasteiger partial charge >= 0.3 is 6.09 Å². The van der Waals surface area contributed by atoms with E-state index < -0.39 is 60.4 Å². The van der Waals surface area contributed by atoms with Gasteiger partial charge in [-0.3, -0.25) is 24.1 Å². The van der Waals surface area contributed by atoms with Gasteiger partial charge in [-0.1, -0.05) is 115 Å². The lowest BCUT2D eigenvalue weighted by Gasteiger charge is -2.41. The van der Waals surface area contributed by atoms with Crippen LogP contribution in [0.4, 0.5) is 4.79 Å². The van der Waals surface area contributed by atoms with Crippen molar-refractivity contribution in [1.82, 2.24) is 25.3 Å². The third kappa shape index (κ3) is 13.5. The Balaban J connectivity index is 1.75. The molecule has 2 aromatic carbocycles. The minimum absolute atomic E-state index is 0.0272. The van der Waals surface area contributed by atoms with Crippen molar-refractivity contribution in [3.8, 4) is 0 Å². The van der Waals surface area contributed by atoms with E-state index in [1.165, 1.54) is 19.1 Å². The number of likely N-dealkylation sites (N-methyl/N-ethyl adjacent to an activating group) is 2.